The van der Waals surface area contributed by atoms with Crippen LogP contribution in [0.4, 0.5) is 5.69 Å². The number of rotatable bonds is 4. The average Bonchev–Trinajstić information content (AvgIpc) is 3.33. The predicted molar refractivity (Wildman–Crippen MR) is 127 cm³/mol. The Bertz CT molecular complexity index is 746. The summed E-state index contributed by atoms with van der Waals surface area (Å²) in [6, 6.07) is 13.1. The van der Waals surface area contributed by atoms with E-state index in [0.717, 1.165) is 32.0 Å². The van der Waals surface area contributed by atoms with E-state index in [2.05, 4.69) is 61.9 Å². The van der Waals surface area contributed by atoms with Crippen LogP contribution < -0.4 is 10.2 Å². The van der Waals surface area contributed by atoms with Gasteiger partial charge in [0, 0.05) is 43.8 Å². The van der Waals surface area contributed by atoms with Crippen LogP contribution in [0.25, 0.3) is 0 Å². The zero-order valence-corrected chi connectivity index (χ0v) is 19.1. The van der Waals surface area contributed by atoms with Crippen molar-refractivity contribution in [3.63, 3.8) is 0 Å². The first-order valence-corrected chi connectivity index (χ1v) is 10.5. The number of hydrogen-bond donors (Lipinski definition) is 1. The molecule has 1 N–H and O–H groups in total. The minimum absolute atomic E-state index is 0. The first kappa shape index (κ1) is 20.6. The second kappa shape index (κ2) is 9.89. The fraction of sp³-hybridized carbons (Fsp3) is 0.476. The van der Waals surface area contributed by atoms with Gasteiger partial charge in [-0.05, 0) is 54.8 Å². The van der Waals surface area contributed by atoms with Crippen molar-refractivity contribution in [1.29, 1.82) is 0 Å². The zero-order valence-electron chi connectivity index (χ0n) is 15.9. The van der Waals surface area contributed by atoms with Crippen LogP contribution in [0.2, 0.25) is 0 Å². The van der Waals surface area contributed by atoms with Crippen LogP contribution in [0.15, 0.2) is 46.8 Å². The second-order valence-corrected chi connectivity index (χ2v) is 8.31. The Morgan fingerprint density at radius 1 is 1.22 bits per heavy atom. The molecule has 1 saturated heterocycles. The van der Waals surface area contributed by atoms with E-state index in [-0.39, 0.29) is 24.0 Å². The predicted octanol–water partition coefficient (Wildman–Crippen LogP) is 4.22. The molecule has 146 valence electrons. The van der Waals surface area contributed by atoms with Crippen LogP contribution in [0.5, 0.6) is 0 Å². The molecule has 4 rings (SSSR count). The molecule has 0 amide bonds. The highest BCUT2D eigenvalue weighted by molar-refractivity contribution is 14.0. The summed E-state index contributed by atoms with van der Waals surface area (Å²) in [5, 5.41) is 5.83. The van der Waals surface area contributed by atoms with Gasteiger partial charge in [-0.1, -0.05) is 24.3 Å². The molecule has 2 aliphatic rings. The maximum absolute atomic E-state index is 4.55. The Kier molecular flexibility index (Phi) is 7.55. The number of hydrogen-bond acceptors (Lipinski definition) is 3. The smallest absolute Gasteiger partial charge is 0.198 e. The molecule has 1 fully saturated rings. The third-order valence-corrected chi connectivity index (χ3v) is 6.33. The normalized spacial score (nSPS) is 20.3. The third-order valence-electron chi connectivity index (χ3n) is 5.47. The minimum Gasteiger partial charge on any atom is -0.356 e. The molecule has 0 saturated carbocycles. The van der Waals surface area contributed by atoms with Gasteiger partial charge in [-0.3, -0.25) is 9.89 Å². The molecule has 6 heteroatoms. The Balaban J connectivity index is 0.00000210. The van der Waals surface area contributed by atoms with Crippen molar-refractivity contribution >= 4 is 47.0 Å². The van der Waals surface area contributed by atoms with Gasteiger partial charge in [-0.25, -0.2) is 0 Å². The summed E-state index contributed by atoms with van der Waals surface area (Å²) in [6.07, 6.45) is 3.71. The van der Waals surface area contributed by atoms with Crippen molar-refractivity contribution in [3.8, 4) is 0 Å². The van der Waals surface area contributed by atoms with Gasteiger partial charge in [0.1, 0.15) is 0 Å². The van der Waals surface area contributed by atoms with Gasteiger partial charge in [-0.2, -0.15) is 0 Å². The van der Waals surface area contributed by atoms with E-state index >= 15 is 0 Å². The second-order valence-electron chi connectivity index (χ2n) is 7.28. The van der Waals surface area contributed by atoms with Crippen LogP contribution in [0.3, 0.4) is 0 Å². The monoisotopic (exact) mass is 496 g/mol. The summed E-state index contributed by atoms with van der Waals surface area (Å²) in [7, 11) is 1.90. The van der Waals surface area contributed by atoms with E-state index in [1.54, 1.807) is 0 Å². The van der Waals surface area contributed by atoms with E-state index in [4.69, 9.17) is 0 Å². The van der Waals surface area contributed by atoms with Gasteiger partial charge in [-0.15, -0.1) is 35.3 Å². The minimum atomic E-state index is 0. The zero-order chi connectivity index (χ0) is 17.8. The Hall–Kier alpha value is -1.12. The Morgan fingerprint density at radius 3 is 2.93 bits per heavy atom. The Morgan fingerprint density at radius 2 is 2.11 bits per heavy atom. The van der Waals surface area contributed by atoms with Crippen LogP contribution in [0, 0.1) is 5.92 Å². The van der Waals surface area contributed by atoms with Crippen molar-refractivity contribution in [2.45, 2.75) is 25.8 Å². The number of thiophene rings is 1. The van der Waals surface area contributed by atoms with Crippen molar-refractivity contribution in [2.75, 3.05) is 38.1 Å². The van der Waals surface area contributed by atoms with Gasteiger partial charge < -0.3 is 10.2 Å². The van der Waals surface area contributed by atoms with Crippen LogP contribution in [0.1, 0.15) is 23.3 Å². The van der Waals surface area contributed by atoms with E-state index in [9.17, 15) is 0 Å². The van der Waals surface area contributed by atoms with Crippen LogP contribution >= 0.6 is 35.3 Å². The van der Waals surface area contributed by atoms with Crippen LogP contribution in [-0.4, -0.2) is 44.1 Å². The molecule has 27 heavy (non-hydrogen) atoms. The van der Waals surface area contributed by atoms with E-state index in [1.807, 2.05) is 18.4 Å². The highest BCUT2D eigenvalue weighted by Gasteiger charge is 2.24. The van der Waals surface area contributed by atoms with E-state index in [1.165, 1.54) is 42.1 Å². The first-order valence-electron chi connectivity index (χ1n) is 9.64. The lowest BCUT2D eigenvalue weighted by atomic mass is 9.98. The largest absolute Gasteiger partial charge is 0.356 e. The highest BCUT2D eigenvalue weighted by Crippen LogP contribution is 2.27. The SMILES string of the molecule is CN=C(NCC1CCCN(Cc2cccs2)C1)N1CCc2ccccc21.I. The molecule has 0 spiro atoms. The highest BCUT2D eigenvalue weighted by atomic mass is 127. The lowest BCUT2D eigenvalue weighted by Crippen LogP contribution is -2.45. The number of para-hydroxylation sites is 1. The third kappa shape index (κ3) is 5.03. The van der Waals surface area contributed by atoms with Gasteiger partial charge in [0.25, 0.3) is 0 Å². The molecule has 2 aromatic rings. The number of anilines is 1. The number of fused-ring (bicyclic) bond motifs is 1. The summed E-state index contributed by atoms with van der Waals surface area (Å²) in [5.74, 6) is 1.71. The number of piperidine rings is 1. The number of guanidine groups is 1. The quantitative estimate of drug-likeness (QED) is 0.391. The molecule has 2 aliphatic heterocycles. The number of halogens is 1. The molecule has 0 bridgehead atoms. The number of aliphatic imine (C=N–C) groups is 1. The summed E-state index contributed by atoms with van der Waals surface area (Å²) in [4.78, 5) is 11.0. The van der Waals surface area contributed by atoms with E-state index in [0.29, 0.717) is 5.92 Å². The number of benzene rings is 1. The molecule has 3 heterocycles. The summed E-state index contributed by atoms with van der Waals surface area (Å²) in [6.45, 7) is 5.53. The Labute approximate surface area is 183 Å². The van der Waals surface area contributed by atoms with Crippen molar-refractivity contribution in [1.82, 2.24) is 10.2 Å². The first-order chi connectivity index (χ1) is 12.8. The van der Waals surface area contributed by atoms with Gasteiger partial charge in [0.05, 0.1) is 0 Å². The summed E-state index contributed by atoms with van der Waals surface area (Å²) in [5.41, 5.74) is 2.74. The molecule has 1 unspecified atom stereocenters. The van der Waals surface area contributed by atoms with Crippen molar-refractivity contribution in [3.05, 3.63) is 52.2 Å². The van der Waals surface area contributed by atoms with Gasteiger partial charge in [0.2, 0.25) is 0 Å². The molecule has 1 aromatic carbocycles. The van der Waals surface area contributed by atoms with Gasteiger partial charge in [0.15, 0.2) is 5.96 Å². The summed E-state index contributed by atoms with van der Waals surface area (Å²) < 4.78 is 0. The van der Waals surface area contributed by atoms with Gasteiger partial charge >= 0.3 is 0 Å². The molecule has 0 aliphatic carbocycles. The van der Waals surface area contributed by atoms with Crippen molar-refractivity contribution < 1.29 is 0 Å². The molecule has 0 radical (unpaired) electrons. The maximum Gasteiger partial charge on any atom is 0.198 e. The molecular weight excluding hydrogens is 467 g/mol. The molecule has 1 atom stereocenters. The fourth-order valence-electron chi connectivity index (χ4n) is 4.17. The number of nitrogens with one attached hydrogen (secondary N) is 1. The van der Waals surface area contributed by atoms with Crippen LogP contribution in [-0.2, 0) is 13.0 Å². The lowest BCUT2D eigenvalue weighted by molar-refractivity contribution is 0.169. The van der Waals surface area contributed by atoms with Crippen molar-refractivity contribution in [2.24, 2.45) is 10.9 Å². The standard InChI is InChI=1S/C21H28N4S.HI/c1-22-21(25-12-10-18-7-2-3-9-20(18)25)23-14-17-6-4-11-24(15-17)16-19-8-5-13-26-19;/h2-3,5,7-9,13,17H,4,6,10-12,14-16H2,1H3,(H,22,23);1H. The lowest BCUT2D eigenvalue weighted by Gasteiger charge is -2.33. The number of nitrogens with zero attached hydrogens (tertiary/aromatic N) is 3. The van der Waals surface area contributed by atoms with E-state index < -0.39 is 0 Å². The molecular formula is C21H29IN4S. The molecule has 4 nitrogen and oxygen atoms in total. The fourth-order valence-corrected chi connectivity index (χ4v) is 4.92. The summed E-state index contributed by atoms with van der Waals surface area (Å²) >= 11 is 1.87. The topological polar surface area (TPSA) is 30.9 Å². The average molecular weight is 496 g/mol. The molecule has 1 aromatic heterocycles. The maximum atomic E-state index is 4.55. The number of likely N-dealkylation sites (tertiary alicyclic amines) is 1.